The molecule has 5 nitrogen and oxygen atoms in total. The summed E-state index contributed by atoms with van der Waals surface area (Å²) in [5.74, 6) is -2.09. The molecular formula is C20H15F7N4O. The fraction of sp³-hybridized carbons (Fsp3) is 0.250. The average molecular weight is 460 g/mol. The first kappa shape index (κ1) is 23.2. The van der Waals surface area contributed by atoms with Gasteiger partial charge in [-0.2, -0.15) is 26.3 Å². The maximum absolute atomic E-state index is 13.6. The van der Waals surface area contributed by atoms with Gasteiger partial charge in [0.2, 0.25) is 0 Å². The molecular weight excluding hydrogens is 445 g/mol. The van der Waals surface area contributed by atoms with Crippen LogP contribution in [0.2, 0.25) is 0 Å². The van der Waals surface area contributed by atoms with E-state index in [2.05, 4.69) is 15.3 Å². The Kier molecular flexibility index (Phi) is 6.24. The molecule has 1 aliphatic heterocycles. The molecule has 1 saturated heterocycles. The molecule has 0 aliphatic carbocycles. The molecule has 0 bridgehead atoms. The number of nitrogens with two attached hydrogens (primary N) is 1. The topological polar surface area (TPSA) is 80.4 Å². The van der Waals surface area contributed by atoms with E-state index in [1.54, 1.807) is 0 Å². The van der Waals surface area contributed by atoms with Crippen LogP contribution in [-0.4, -0.2) is 29.3 Å². The number of nitrogens with zero attached hydrogens (tertiary/aromatic N) is 2. The maximum atomic E-state index is 13.6. The maximum Gasteiger partial charge on any atom is 0.431 e. The van der Waals surface area contributed by atoms with Crippen LogP contribution in [0.5, 0.6) is 0 Å². The number of aliphatic imine (C=N–C) groups is 1. The zero-order valence-electron chi connectivity index (χ0n) is 16.1. The Morgan fingerprint density at radius 3 is 2.50 bits per heavy atom. The van der Waals surface area contributed by atoms with Crippen molar-refractivity contribution in [1.29, 1.82) is 0 Å². The molecule has 3 rings (SSSR count). The molecule has 1 aromatic carbocycles. The van der Waals surface area contributed by atoms with E-state index in [4.69, 9.17) is 5.73 Å². The van der Waals surface area contributed by atoms with Gasteiger partial charge in [0.1, 0.15) is 11.5 Å². The quantitative estimate of drug-likeness (QED) is 0.532. The summed E-state index contributed by atoms with van der Waals surface area (Å²) in [5.41, 5.74) is 1.71. The summed E-state index contributed by atoms with van der Waals surface area (Å²) < 4.78 is 91.4. The third-order valence-corrected chi connectivity index (χ3v) is 4.47. The van der Waals surface area contributed by atoms with Crippen molar-refractivity contribution >= 4 is 17.3 Å². The number of hydrogen-bond acceptors (Lipinski definition) is 4. The van der Waals surface area contributed by atoms with Crippen LogP contribution in [0, 0.1) is 5.82 Å². The molecule has 0 atom stereocenters. The summed E-state index contributed by atoms with van der Waals surface area (Å²) in [4.78, 5) is 20.0. The van der Waals surface area contributed by atoms with Crippen LogP contribution in [0.25, 0.3) is 0 Å². The lowest BCUT2D eigenvalue weighted by Crippen LogP contribution is -2.40. The first-order valence-electron chi connectivity index (χ1n) is 9.09. The minimum absolute atomic E-state index is 0.00595. The van der Waals surface area contributed by atoms with E-state index in [1.807, 2.05) is 0 Å². The van der Waals surface area contributed by atoms with E-state index < -0.39 is 40.9 Å². The molecule has 1 aliphatic rings. The van der Waals surface area contributed by atoms with Gasteiger partial charge < -0.3 is 11.1 Å². The zero-order valence-corrected chi connectivity index (χ0v) is 16.1. The second-order valence-corrected chi connectivity index (χ2v) is 6.88. The molecule has 0 unspecified atom stereocenters. The van der Waals surface area contributed by atoms with Gasteiger partial charge in [-0.25, -0.2) is 4.39 Å². The third kappa shape index (κ3) is 5.42. The summed E-state index contributed by atoms with van der Waals surface area (Å²) in [6.07, 6.45) is -8.64. The van der Waals surface area contributed by atoms with Crippen LogP contribution in [-0.2, 0) is 17.4 Å². The number of benzene rings is 1. The minimum atomic E-state index is -4.94. The number of amides is 1. The highest BCUT2D eigenvalue weighted by Gasteiger charge is 2.39. The zero-order chi connectivity index (χ0) is 23.7. The number of nitrogens with one attached hydrogen (secondary N) is 1. The molecule has 3 N–H and O–H groups in total. The standard InChI is InChI=1S/C20H15F7N4O/c21-12-6-10(5-11(8-12)19(22,23)24)7-14-9-13(1-3-29-14)31-15-2-4-30-18(32)16(15)17(28)20(25,26)27/h1,3,5-6,8-9H,2,4,7,28H2,(H,30,32)/b17-16+,31-15?. The normalized spacial score (nSPS) is 18.0. The number of allylic oxidation sites excluding steroid dienone is 1. The molecule has 1 amide bonds. The van der Waals surface area contributed by atoms with E-state index in [-0.39, 0.29) is 42.0 Å². The predicted octanol–water partition coefficient (Wildman–Crippen LogP) is 4.20. The van der Waals surface area contributed by atoms with Gasteiger partial charge in [0.25, 0.3) is 5.91 Å². The van der Waals surface area contributed by atoms with Crippen molar-refractivity contribution < 1.29 is 35.5 Å². The largest absolute Gasteiger partial charge is 0.431 e. The van der Waals surface area contributed by atoms with Crippen LogP contribution in [0.4, 0.5) is 36.4 Å². The Morgan fingerprint density at radius 1 is 1.12 bits per heavy atom. The lowest BCUT2D eigenvalue weighted by molar-refractivity contribution is -0.137. The van der Waals surface area contributed by atoms with Gasteiger partial charge >= 0.3 is 12.4 Å². The summed E-state index contributed by atoms with van der Waals surface area (Å²) in [6.45, 7) is 0.0494. The number of aromatic nitrogens is 1. The van der Waals surface area contributed by atoms with Crippen LogP contribution in [0.3, 0.4) is 0 Å². The SMILES string of the molecule is N/C(=C1/C(=O)NCCC1=Nc1ccnc(Cc2cc(F)cc(C(F)(F)F)c2)c1)C(F)(F)F. The van der Waals surface area contributed by atoms with Gasteiger partial charge in [0.05, 0.1) is 22.5 Å². The van der Waals surface area contributed by atoms with Crippen molar-refractivity contribution in [3.8, 4) is 0 Å². The Bertz CT molecular complexity index is 1100. The van der Waals surface area contributed by atoms with Gasteiger partial charge in [0, 0.05) is 31.3 Å². The van der Waals surface area contributed by atoms with Crippen molar-refractivity contribution in [3.63, 3.8) is 0 Å². The molecule has 32 heavy (non-hydrogen) atoms. The van der Waals surface area contributed by atoms with E-state index >= 15 is 0 Å². The van der Waals surface area contributed by atoms with Crippen molar-refractivity contribution in [2.75, 3.05) is 6.54 Å². The van der Waals surface area contributed by atoms with E-state index in [9.17, 15) is 35.5 Å². The van der Waals surface area contributed by atoms with Crippen molar-refractivity contribution in [2.24, 2.45) is 10.7 Å². The van der Waals surface area contributed by atoms with E-state index in [0.717, 1.165) is 12.1 Å². The summed E-state index contributed by atoms with van der Waals surface area (Å²) in [5, 5.41) is 2.27. The van der Waals surface area contributed by atoms with Crippen LogP contribution in [0.15, 0.2) is 52.8 Å². The van der Waals surface area contributed by atoms with E-state index in [0.29, 0.717) is 6.07 Å². The number of rotatable bonds is 3. The summed E-state index contributed by atoms with van der Waals surface area (Å²) in [7, 11) is 0. The molecule has 0 spiro atoms. The lowest BCUT2D eigenvalue weighted by atomic mass is 10.00. The first-order chi connectivity index (χ1) is 14.8. The number of hydrogen-bond donors (Lipinski definition) is 2. The van der Waals surface area contributed by atoms with Gasteiger partial charge in [-0.15, -0.1) is 0 Å². The number of piperidine rings is 1. The van der Waals surface area contributed by atoms with Gasteiger partial charge in [0.15, 0.2) is 0 Å². The van der Waals surface area contributed by atoms with Gasteiger partial charge in [-0.3, -0.25) is 14.8 Å². The van der Waals surface area contributed by atoms with Crippen molar-refractivity contribution in [2.45, 2.75) is 25.2 Å². The number of pyridine rings is 1. The number of halogens is 7. The number of carbonyl (C=O) groups is 1. The minimum Gasteiger partial charge on any atom is -0.394 e. The van der Waals surface area contributed by atoms with Gasteiger partial charge in [-0.1, -0.05) is 0 Å². The summed E-state index contributed by atoms with van der Waals surface area (Å²) in [6, 6.07) is 4.73. The van der Waals surface area contributed by atoms with E-state index in [1.165, 1.54) is 18.3 Å². The van der Waals surface area contributed by atoms with Crippen molar-refractivity contribution in [3.05, 3.63) is 70.4 Å². The van der Waals surface area contributed by atoms with Crippen LogP contribution < -0.4 is 11.1 Å². The Balaban J connectivity index is 1.95. The average Bonchev–Trinajstić information content (AvgIpc) is 2.66. The molecule has 12 heteroatoms. The Hall–Kier alpha value is -3.44. The predicted molar refractivity (Wildman–Crippen MR) is 100 cm³/mol. The molecule has 0 radical (unpaired) electrons. The molecule has 1 aromatic heterocycles. The third-order valence-electron chi connectivity index (χ3n) is 4.47. The molecule has 0 saturated carbocycles. The highest BCUT2D eigenvalue weighted by molar-refractivity contribution is 6.24. The number of alkyl halides is 6. The lowest BCUT2D eigenvalue weighted by Gasteiger charge is -2.21. The fourth-order valence-corrected chi connectivity index (χ4v) is 3.08. The monoisotopic (exact) mass is 460 g/mol. The first-order valence-corrected chi connectivity index (χ1v) is 9.09. The number of carbonyl (C=O) groups excluding carboxylic acids is 1. The summed E-state index contributed by atoms with van der Waals surface area (Å²) >= 11 is 0. The highest BCUT2D eigenvalue weighted by atomic mass is 19.4. The van der Waals surface area contributed by atoms with Crippen LogP contribution >= 0.6 is 0 Å². The molecule has 1 fully saturated rings. The smallest absolute Gasteiger partial charge is 0.394 e. The second-order valence-electron chi connectivity index (χ2n) is 6.88. The van der Waals surface area contributed by atoms with Gasteiger partial charge in [-0.05, 0) is 35.9 Å². The molecule has 2 heterocycles. The molecule has 2 aromatic rings. The Labute approximate surface area is 176 Å². The Morgan fingerprint density at radius 2 is 1.84 bits per heavy atom. The fourth-order valence-electron chi connectivity index (χ4n) is 3.08. The second kappa shape index (κ2) is 8.60. The van der Waals surface area contributed by atoms with Crippen LogP contribution in [0.1, 0.15) is 23.2 Å². The molecule has 170 valence electrons. The van der Waals surface area contributed by atoms with Crippen molar-refractivity contribution in [1.82, 2.24) is 10.3 Å². The highest BCUT2D eigenvalue weighted by Crippen LogP contribution is 2.31.